The van der Waals surface area contributed by atoms with E-state index in [9.17, 15) is 4.79 Å². The van der Waals surface area contributed by atoms with Crippen LogP contribution in [0.25, 0.3) is 0 Å². The molecule has 0 aromatic carbocycles. The number of aromatic nitrogens is 3. The number of thioether (sulfide) groups is 1. The standard InChI is InChI=1S/C15H25N3O2S/c1-10(2)14-16-17-15(21-9-13(19)20)18(14)12-8-6-4-5-7-11(12)3/h10-12H,4-9H2,1-3H3,(H,19,20). The highest BCUT2D eigenvalue weighted by molar-refractivity contribution is 7.99. The molecule has 0 amide bonds. The largest absolute Gasteiger partial charge is 0.481 e. The monoisotopic (exact) mass is 311 g/mol. The van der Waals surface area contributed by atoms with Crippen molar-refractivity contribution in [1.82, 2.24) is 14.8 Å². The minimum absolute atomic E-state index is 0.0390. The lowest BCUT2D eigenvalue weighted by Crippen LogP contribution is -2.20. The Bertz CT molecular complexity index is 487. The van der Waals surface area contributed by atoms with Crippen LogP contribution < -0.4 is 0 Å². The van der Waals surface area contributed by atoms with Gasteiger partial charge < -0.3 is 9.67 Å². The van der Waals surface area contributed by atoms with Crippen molar-refractivity contribution in [2.24, 2.45) is 5.92 Å². The smallest absolute Gasteiger partial charge is 0.313 e. The van der Waals surface area contributed by atoms with E-state index in [1.54, 1.807) is 0 Å². The van der Waals surface area contributed by atoms with Crippen LogP contribution in [0.15, 0.2) is 5.16 Å². The van der Waals surface area contributed by atoms with Crippen LogP contribution in [0, 0.1) is 5.92 Å². The quantitative estimate of drug-likeness (QED) is 0.663. The van der Waals surface area contributed by atoms with E-state index in [1.807, 2.05) is 0 Å². The molecule has 1 N–H and O–H groups in total. The second-order valence-electron chi connectivity index (χ2n) is 6.23. The fraction of sp³-hybridized carbons (Fsp3) is 0.800. The highest BCUT2D eigenvalue weighted by Gasteiger charge is 2.28. The van der Waals surface area contributed by atoms with E-state index in [-0.39, 0.29) is 5.75 Å². The zero-order valence-corrected chi connectivity index (χ0v) is 13.9. The zero-order valence-electron chi connectivity index (χ0n) is 13.1. The molecule has 0 aliphatic heterocycles. The van der Waals surface area contributed by atoms with Crippen molar-refractivity contribution in [2.75, 3.05) is 5.75 Å². The van der Waals surface area contributed by atoms with Crippen LogP contribution in [0.2, 0.25) is 0 Å². The van der Waals surface area contributed by atoms with Gasteiger partial charge in [-0.1, -0.05) is 51.8 Å². The number of aliphatic carboxylic acids is 1. The predicted molar refractivity (Wildman–Crippen MR) is 83.8 cm³/mol. The van der Waals surface area contributed by atoms with E-state index in [4.69, 9.17) is 5.11 Å². The van der Waals surface area contributed by atoms with Crippen LogP contribution in [0.3, 0.4) is 0 Å². The average Bonchev–Trinajstić information content (AvgIpc) is 2.73. The van der Waals surface area contributed by atoms with Gasteiger partial charge in [0, 0.05) is 12.0 Å². The van der Waals surface area contributed by atoms with Crippen LogP contribution >= 0.6 is 11.8 Å². The zero-order chi connectivity index (χ0) is 15.4. The molecule has 0 radical (unpaired) electrons. The second kappa shape index (κ2) is 7.29. The fourth-order valence-electron chi connectivity index (χ4n) is 3.08. The molecule has 118 valence electrons. The maximum absolute atomic E-state index is 10.8. The Morgan fingerprint density at radius 1 is 1.33 bits per heavy atom. The number of carboxylic acid groups (broad SMARTS) is 1. The molecule has 1 heterocycles. The maximum atomic E-state index is 10.8. The van der Waals surface area contributed by atoms with Crippen molar-refractivity contribution in [1.29, 1.82) is 0 Å². The average molecular weight is 311 g/mol. The lowest BCUT2D eigenvalue weighted by Gasteiger charge is -2.26. The van der Waals surface area contributed by atoms with Gasteiger partial charge in [0.15, 0.2) is 5.16 Å². The Balaban J connectivity index is 2.32. The summed E-state index contributed by atoms with van der Waals surface area (Å²) in [7, 11) is 0. The van der Waals surface area contributed by atoms with Crippen LogP contribution in [0.1, 0.15) is 70.7 Å². The van der Waals surface area contributed by atoms with Crippen LogP contribution in [0.4, 0.5) is 0 Å². The number of hydrogen-bond donors (Lipinski definition) is 1. The molecule has 0 bridgehead atoms. The summed E-state index contributed by atoms with van der Waals surface area (Å²) < 4.78 is 2.23. The SMILES string of the molecule is CC(C)c1nnc(SCC(=O)O)n1C1CCCCCC1C. The van der Waals surface area contributed by atoms with Gasteiger partial charge in [0.1, 0.15) is 5.82 Å². The maximum Gasteiger partial charge on any atom is 0.313 e. The first-order valence-electron chi connectivity index (χ1n) is 7.80. The molecule has 1 aromatic heterocycles. The Hall–Kier alpha value is -1.04. The third kappa shape index (κ3) is 3.99. The molecule has 21 heavy (non-hydrogen) atoms. The Labute approximate surface area is 130 Å². The van der Waals surface area contributed by atoms with Gasteiger partial charge in [0.25, 0.3) is 0 Å². The highest BCUT2D eigenvalue weighted by atomic mass is 32.2. The van der Waals surface area contributed by atoms with Gasteiger partial charge in [-0.2, -0.15) is 0 Å². The summed E-state index contributed by atoms with van der Waals surface area (Å²) in [5.74, 6) is 1.10. The normalized spacial score (nSPS) is 23.2. The lowest BCUT2D eigenvalue weighted by molar-refractivity contribution is -0.133. The van der Waals surface area contributed by atoms with Gasteiger partial charge in [-0.05, 0) is 18.8 Å². The number of hydrogen-bond acceptors (Lipinski definition) is 4. The third-order valence-corrected chi connectivity index (χ3v) is 5.11. The molecular weight excluding hydrogens is 286 g/mol. The van der Waals surface area contributed by atoms with Crippen LogP contribution in [-0.4, -0.2) is 31.6 Å². The topological polar surface area (TPSA) is 68.0 Å². The molecule has 2 unspecified atom stereocenters. The molecule has 5 nitrogen and oxygen atoms in total. The van der Waals surface area contributed by atoms with Crippen LogP contribution in [-0.2, 0) is 4.79 Å². The van der Waals surface area contributed by atoms with Crippen molar-refractivity contribution in [3.05, 3.63) is 5.82 Å². The Morgan fingerprint density at radius 2 is 2.05 bits per heavy atom. The molecule has 1 saturated carbocycles. The van der Waals surface area contributed by atoms with E-state index in [0.29, 0.717) is 17.9 Å². The molecular formula is C15H25N3O2S. The molecule has 1 aromatic rings. The highest BCUT2D eigenvalue weighted by Crippen LogP contribution is 2.37. The molecule has 1 aliphatic rings. The van der Waals surface area contributed by atoms with Gasteiger partial charge in [-0.15, -0.1) is 10.2 Å². The fourth-order valence-corrected chi connectivity index (χ4v) is 3.79. The van der Waals surface area contributed by atoms with Gasteiger partial charge in [0.2, 0.25) is 0 Å². The minimum Gasteiger partial charge on any atom is -0.481 e. The second-order valence-corrected chi connectivity index (χ2v) is 7.17. The molecule has 2 atom stereocenters. The molecule has 1 fully saturated rings. The van der Waals surface area contributed by atoms with Crippen molar-refractivity contribution in [2.45, 2.75) is 70.0 Å². The summed E-state index contributed by atoms with van der Waals surface area (Å²) in [6, 6.07) is 0.399. The summed E-state index contributed by atoms with van der Waals surface area (Å²) in [5.41, 5.74) is 0. The molecule has 1 aliphatic carbocycles. The van der Waals surface area contributed by atoms with Gasteiger partial charge in [-0.3, -0.25) is 4.79 Å². The number of carboxylic acids is 1. The summed E-state index contributed by atoms with van der Waals surface area (Å²) in [6.45, 7) is 6.53. The predicted octanol–water partition coefficient (Wildman–Crippen LogP) is 3.72. The number of rotatable bonds is 5. The Kier molecular flexibility index (Phi) is 5.67. The summed E-state index contributed by atoms with van der Waals surface area (Å²) in [4.78, 5) is 10.8. The number of carbonyl (C=O) groups is 1. The first-order chi connectivity index (χ1) is 10.0. The third-order valence-electron chi connectivity index (χ3n) is 4.18. The van der Waals surface area contributed by atoms with Crippen molar-refractivity contribution >= 4 is 17.7 Å². The van der Waals surface area contributed by atoms with E-state index < -0.39 is 5.97 Å². The van der Waals surface area contributed by atoms with E-state index in [1.165, 1.54) is 37.4 Å². The van der Waals surface area contributed by atoms with E-state index >= 15 is 0 Å². The van der Waals surface area contributed by atoms with Crippen molar-refractivity contribution < 1.29 is 9.90 Å². The van der Waals surface area contributed by atoms with Gasteiger partial charge in [-0.25, -0.2) is 0 Å². The first kappa shape index (κ1) is 16.3. The molecule has 2 rings (SSSR count). The summed E-state index contributed by atoms with van der Waals surface area (Å²) in [5, 5.41) is 18.3. The lowest BCUT2D eigenvalue weighted by atomic mass is 9.96. The molecule has 0 spiro atoms. The van der Waals surface area contributed by atoms with Gasteiger partial charge >= 0.3 is 5.97 Å². The number of nitrogens with zero attached hydrogens (tertiary/aromatic N) is 3. The van der Waals surface area contributed by atoms with Crippen LogP contribution in [0.5, 0.6) is 0 Å². The van der Waals surface area contributed by atoms with E-state index in [2.05, 4.69) is 35.5 Å². The minimum atomic E-state index is -0.811. The first-order valence-corrected chi connectivity index (χ1v) is 8.78. The molecule has 0 saturated heterocycles. The molecule has 6 heteroatoms. The van der Waals surface area contributed by atoms with Crippen molar-refractivity contribution in [3.63, 3.8) is 0 Å². The Morgan fingerprint density at radius 3 is 2.71 bits per heavy atom. The summed E-state index contributed by atoms with van der Waals surface area (Å²) in [6.07, 6.45) is 6.17. The van der Waals surface area contributed by atoms with E-state index in [0.717, 1.165) is 17.4 Å². The van der Waals surface area contributed by atoms with Gasteiger partial charge in [0.05, 0.1) is 5.75 Å². The summed E-state index contributed by atoms with van der Waals surface area (Å²) >= 11 is 1.29. The van der Waals surface area contributed by atoms with Crippen molar-refractivity contribution in [3.8, 4) is 0 Å².